The lowest BCUT2D eigenvalue weighted by molar-refractivity contribution is 1.27. The number of allylic oxidation sites excluding steroid dienone is 12. The van der Waals surface area contributed by atoms with E-state index in [2.05, 4.69) is 48.6 Å². The highest BCUT2D eigenvalue weighted by Crippen LogP contribution is 2.32. The van der Waals surface area contributed by atoms with Crippen LogP contribution in [-0.2, 0) is 0 Å². The lowest BCUT2D eigenvalue weighted by atomic mass is 10.1. The largest absolute Gasteiger partial charge is 0.0722 e. The summed E-state index contributed by atoms with van der Waals surface area (Å²) in [7, 11) is 0. The van der Waals surface area contributed by atoms with Gasteiger partial charge in [-0.1, -0.05) is 42.5 Å². The van der Waals surface area contributed by atoms with E-state index in [4.69, 9.17) is 0 Å². The fraction of sp³-hybridized carbons (Fsp3) is 0.0769. The summed E-state index contributed by atoms with van der Waals surface area (Å²) < 4.78 is 0. The van der Waals surface area contributed by atoms with Crippen LogP contribution in [0.1, 0.15) is 6.42 Å². The minimum absolute atomic E-state index is 1.07. The Balaban J connectivity index is 2.14. The Morgan fingerprint density at radius 2 is 1.69 bits per heavy atom. The predicted octanol–water partition coefficient (Wildman–Crippen LogP) is 3.24. The Kier molecular flexibility index (Phi) is 1.31. The third-order valence-electron chi connectivity index (χ3n) is 2.68. The first-order chi connectivity index (χ1) is 6.43. The van der Waals surface area contributed by atoms with E-state index in [9.17, 15) is 0 Å². The van der Waals surface area contributed by atoms with Crippen molar-refractivity contribution in [1.82, 2.24) is 0 Å². The van der Waals surface area contributed by atoms with Gasteiger partial charge in [0.05, 0.1) is 0 Å². The molecule has 0 bridgehead atoms. The fourth-order valence-electron chi connectivity index (χ4n) is 1.95. The van der Waals surface area contributed by atoms with Crippen molar-refractivity contribution >= 4 is 0 Å². The van der Waals surface area contributed by atoms with Crippen LogP contribution in [-0.4, -0.2) is 0 Å². The van der Waals surface area contributed by atoms with Gasteiger partial charge < -0.3 is 0 Å². The molecule has 0 nitrogen and oxygen atoms in total. The second-order valence-corrected chi connectivity index (χ2v) is 3.50. The molecular formula is C13H10. The maximum absolute atomic E-state index is 2.30. The van der Waals surface area contributed by atoms with E-state index in [0.29, 0.717) is 0 Å². The van der Waals surface area contributed by atoms with Crippen molar-refractivity contribution in [1.29, 1.82) is 0 Å². The molecule has 13 heavy (non-hydrogen) atoms. The number of hydrogen-bond acceptors (Lipinski definition) is 0. The van der Waals surface area contributed by atoms with Gasteiger partial charge in [-0.25, -0.2) is 0 Å². The van der Waals surface area contributed by atoms with Gasteiger partial charge in [-0.2, -0.15) is 0 Å². The number of fused-ring (bicyclic) bond motifs is 2. The Labute approximate surface area is 78.0 Å². The third kappa shape index (κ3) is 0.988. The molecule has 0 saturated carbocycles. The molecule has 0 radical (unpaired) electrons. The zero-order valence-corrected chi connectivity index (χ0v) is 7.33. The number of rotatable bonds is 0. The summed E-state index contributed by atoms with van der Waals surface area (Å²) in [4.78, 5) is 0. The van der Waals surface area contributed by atoms with E-state index in [0.717, 1.165) is 6.42 Å². The summed E-state index contributed by atoms with van der Waals surface area (Å²) in [5.41, 5.74) is 5.54. The van der Waals surface area contributed by atoms with Crippen molar-refractivity contribution < 1.29 is 0 Å². The van der Waals surface area contributed by atoms with Crippen molar-refractivity contribution in [3.05, 3.63) is 70.9 Å². The quantitative estimate of drug-likeness (QED) is 0.518. The molecule has 0 heteroatoms. The second-order valence-electron chi connectivity index (χ2n) is 3.50. The normalized spacial score (nSPS) is 22.8. The molecule has 0 atom stereocenters. The first kappa shape index (κ1) is 6.90. The maximum atomic E-state index is 2.30. The van der Waals surface area contributed by atoms with Crippen LogP contribution in [0.4, 0.5) is 0 Å². The summed E-state index contributed by atoms with van der Waals surface area (Å²) in [6.07, 6.45) is 18.6. The summed E-state index contributed by atoms with van der Waals surface area (Å²) in [5, 5.41) is 0. The van der Waals surface area contributed by atoms with Crippen molar-refractivity contribution in [3.8, 4) is 0 Å². The van der Waals surface area contributed by atoms with Gasteiger partial charge in [-0.15, -0.1) is 0 Å². The SMILES string of the molecule is C1=CC2=CCC3=CC=CC3=CC2=C1. The molecule has 0 N–H and O–H groups in total. The van der Waals surface area contributed by atoms with E-state index in [-0.39, 0.29) is 0 Å². The van der Waals surface area contributed by atoms with Gasteiger partial charge in [-0.3, -0.25) is 0 Å². The zero-order valence-electron chi connectivity index (χ0n) is 7.33. The molecule has 0 spiro atoms. The molecule has 0 aromatic carbocycles. The maximum Gasteiger partial charge on any atom is -0.00823 e. The van der Waals surface area contributed by atoms with Crippen LogP contribution < -0.4 is 0 Å². The van der Waals surface area contributed by atoms with Gasteiger partial charge in [0, 0.05) is 0 Å². The Morgan fingerprint density at radius 3 is 2.69 bits per heavy atom. The minimum Gasteiger partial charge on any atom is -0.0722 e. The van der Waals surface area contributed by atoms with E-state index >= 15 is 0 Å². The van der Waals surface area contributed by atoms with Crippen LogP contribution in [0.25, 0.3) is 0 Å². The van der Waals surface area contributed by atoms with Gasteiger partial charge in [0.15, 0.2) is 0 Å². The van der Waals surface area contributed by atoms with E-state index in [1.165, 1.54) is 22.3 Å². The van der Waals surface area contributed by atoms with Crippen LogP contribution in [0, 0.1) is 0 Å². The topological polar surface area (TPSA) is 0 Å². The average molecular weight is 166 g/mol. The van der Waals surface area contributed by atoms with Crippen molar-refractivity contribution in [3.63, 3.8) is 0 Å². The van der Waals surface area contributed by atoms with Gasteiger partial charge in [0.2, 0.25) is 0 Å². The van der Waals surface area contributed by atoms with E-state index in [1.54, 1.807) is 0 Å². The van der Waals surface area contributed by atoms with Crippen LogP contribution in [0.5, 0.6) is 0 Å². The van der Waals surface area contributed by atoms with Gasteiger partial charge in [0.1, 0.15) is 0 Å². The summed E-state index contributed by atoms with van der Waals surface area (Å²) in [6, 6.07) is 0. The molecule has 0 fully saturated rings. The first-order valence-corrected chi connectivity index (χ1v) is 4.62. The molecule has 0 heterocycles. The van der Waals surface area contributed by atoms with Crippen LogP contribution in [0.3, 0.4) is 0 Å². The molecule has 3 rings (SSSR count). The van der Waals surface area contributed by atoms with Crippen LogP contribution in [0.2, 0.25) is 0 Å². The number of hydrogen-bond donors (Lipinski definition) is 0. The van der Waals surface area contributed by atoms with Gasteiger partial charge in [-0.05, 0) is 34.8 Å². The van der Waals surface area contributed by atoms with Gasteiger partial charge in [0.25, 0.3) is 0 Å². The van der Waals surface area contributed by atoms with Crippen molar-refractivity contribution in [2.75, 3.05) is 0 Å². The highest BCUT2D eigenvalue weighted by atomic mass is 14.2. The molecular weight excluding hydrogens is 156 g/mol. The predicted molar refractivity (Wildman–Crippen MR) is 55.2 cm³/mol. The lowest BCUT2D eigenvalue weighted by Crippen LogP contribution is -1.78. The molecule has 0 unspecified atom stereocenters. The second kappa shape index (κ2) is 2.46. The summed E-state index contributed by atoms with van der Waals surface area (Å²) in [5.74, 6) is 0. The molecule has 3 aliphatic rings. The lowest BCUT2D eigenvalue weighted by Gasteiger charge is -1.97. The van der Waals surface area contributed by atoms with Crippen LogP contribution >= 0.6 is 0 Å². The molecule has 0 saturated heterocycles. The Hall–Kier alpha value is -1.56. The zero-order chi connectivity index (χ0) is 8.67. The van der Waals surface area contributed by atoms with Crippen LogP contribution in [0.15, 0.2) is 70.9 Å². The molecule has 62 valence electrons. The monoisotopic (exact) mass is 166 g/mol. The van der Waals surface area contributed by atoms with Crippen molar-refractivity contribution in [2.45, 2.75) is 6.42 Å². The highest BCUT2D eigenvalue weighted by molar-refractivity contribution is 5.62. The smallest absolute Gasteiger partial charge is 0.00823 e. The molecule has 0 aromatic heterocycles. The highest BCUT2D eigenvalue weighted by Gasteiger charge is 2.13. The Bertz CT molecular complexity index is 435. The van der Waals surface area contributed by atoms with E-state index < -0.39 is 0 Å². The standard InChI is InChI=1S/C13H10/c1-3-10-7-8-11-4-2-6-13(11)9-12(10)5-1/h1-7,9H,8H2. The fourth-order valence-corrected chi connectivity index (χ4v) is 1.95. The Morgan fingerprint density at radius 1 is 0.846 bits per heavy atom. The molecule has 0 aromatic rings. The van der Waals surface area contributed by atoms with Crippen molar-refractivity contribution in [2.24, 2.45) is 0 Å². The molecule has 3 aliphatic carbocycles. The van der Waals surface area contributed by atoms with E-state index in [1.807, 2.05) is 0 Å². The van der Waals surface area contributed by atoms with Gasteiger partial charge >= 0.3 is 0 Å². The first-order valence-electron chi connectivity index (χ1n) is 4.62. The average Bonchev–Trinajstić information content (AvgIpc) is 2.72. The summed E-state index contributed by atoms with van der Waals surface area (Å²) in [6.45, 7) is 0. The third-order valence-corrected chi connectivity index (χ3v) is 2.68. The molecule has 0 aliphatic heterocycles. The minimum atomic E-state index is 1.07. The summed E-state index contributed by atoms with van der Waals surface area (Å²) >= 11 is 0. The molecule has 0 amide bonds.